The molecule has 0 saturated heterocycles. The lowest BCUT2D eigenvalue weighted by Gasteiger charge is -2.13. The number of rotatable bonds is 6. The van der Waals surface area contributed by atoms with Crippen LogP contribution in [0.5, 0.6) is 0 Å². The summed E-state index contributed by atoms with van der Waals surface area (Å²) < 4.78 is 7.76. The van der Waals surface area contributed by atoms with Gasteiger partial charge in [-0.1, -0.05) is 53.0 Å². The molecule has 3 nitrogen and oxygen atoms in total. The highest BCUT2D eigenvalue weighted by atomic mass is 35.5. The van der Waals surface area contributed by atoms with E-state index >= 15 is 0 Å². The molecule has 0 N–H and O–H groups in total. The van der Waals surface area contributed by atoms with Crippen LogP contribution < -0.4 is 0 Å². The molecule has 0 aliphatic carbocycles. The average molecular weight is 459 g/mol. The van der Waals surface area contributed by atoms with Gasteiger partial charge in [-0.15, -0.1) is 0 Å². The van der Waals surface area contributed by atoms with E-state index in [1.165, 1.54) is 0 Å². The van der Waals surface area contributed by atoms with Crippen LogP contribution in [0.1, 0.15) is 28.5 Å². The van der Waals surface area contributed by atoms with Crippen LogP contribution in [0.25, 0.3) is 16.6 Å². The Hall–Kier alpha value is -2.30. The van der Waals surface area contributed by atoms with Crippen LogP contribution in [-0.4, -0.2) is 17.0 Å². The van der Waals surface area contributed by atoms with E-state index in [0.717, 1.165) is 22.3 Å². The Labute approximate surface area is 189 Å². The number of halogens is 3. The van der Waals surface area contributed by atoms with E-state index in [9.17, 15) is 4.79 Å². The Bertz CT molecular complexity index is 1230. The molecule has 0 atom stereocenters. The molecule has 0 radical (unpaired) electrons. The summed E-state index contributed by atoms with van der Waals surface area (Å²) in [5.74, 6) is -0.118. The molecule has 0 unspecified atom stereocenters. The third-order valence-electron chi connectivity index (χ3n) is 4.87. The number of hydrogen-bond donors (Lipinski definition) is 0. The molecule has 0 aliphatic rings. The number of ether oxygens (including phenoxy) is 1. The summed E-state index contributed by atoms with van der Waals surface area (Å²) in [6.45, 7) is 2.71. The molecule has 1 heterocycles. The van der Waals surface area contributed by atoms with E-state index in [0.29, 0.717) is 32.8 Å². The molecule has 6 heteroatoms. The summed E-state index contributed by atoms with van der Waals surface area (Å²) in [6, 6.07) is 19.9. The highest BCUT2D eigenvalue weighted by Gasteiger charge is 2.25. The highest BCUT2D eigenvalue weighted by Crippen LogP contribution is 2.34. The summed E-state index contributed by atoms with van der Waals surface area (Å²) in [4.78, 5) is 13.6. The topological polar surface area (TPSA) is 31.2 Å². The first-order valence-corrected chi connectivity index (χ1v) is 10.6. The number of nitrogens with zero attached hydrogens (tertiary/aromatic N) is 1. The van der Waals surface area contributed by atoms with Gasteiger partial charge in [-0.2, -0.15) is 0 Å². The number of benzene rings is 3. The van der Waals surface area contributed by atoms with Crippen LogP contribution in [0.2, 0.25) is 15.1 Å². The van der Waals surface area contributed by atoms with E-state index < -0.39 is 0 Å². The maximum atomic E-state index is 13.6. The quantitative estimate of drug-likeness (QED) is 0.283. The lowest BCUT2D eigenvalue weighted by Crippen LogP contribution is -2.09. The van der Waals surface area contributed by atoms with E-state index in [2.05, 4.69) is 0 Å². The Balaban J connectivity index is 2.03. The maximum Gasteiger partial charge on any atom is 0.195 e. The van der Waals surface area contributed by atoms with Gasteiger partial charge in [0.05, 0.1) is 23.4 Å². The maximum absolute atomic E-state index is 13.6. The summed E-state index contributed by atoms with van der Waals surface area (Å²) >= 11 is 18.6. The number of carbonyl (C=O) groups excluding carboxylic acids is 1. The first-order chi connectivity index (χ1) is 14.5. The largest absolute Gasteiger partial charge is 0.375 e. The standard InChI is InChI=1S/C24H18Cl3NO2/c1-2-30-14-22-23(24(29)15-4-3-5-17(26)12-15)20-11-8-18(27)13-21(20)28(22)19-9-6-16(25)7-10-19/h3-13H,2,14H2,1H3. The number of hydrogen-bond acceptors (Lipinski definition) is 2. The molecule has 0 spiro atoms. The Morgan fingerprint density at radius 3 is 2.30 bits per heavy atom. The van der Waals surface area contributed by atoms with Crippen LogP contribution in [0.3, 0.4) is 0 Å². The predicted octanol–water partition coefficient (Wildman–Crippen LogP) is 7.36. The molecule has 0 bridgehead atoms. The van der Waals surface area contributed by atoms with E-state index in [-0.39, 0.29) is 12.4 Å². The molecular formula is C24H18Cl3NO2. The van der Waals surface area contributed by atoms with Gasteiger partial charge in [-0.3, -0.25) is 4.79 Å². The average Bonchev–Trinajstić information content (AvgIpc) is 3.05. The zero-order valence-corrected chi connectivity index (χ0v) is 18.4. The lowest BCUT2D eigenvalue weighted by atomic mass is 10.0. The van der Waals surface area contributed by atoms with Crippen LogP contribution in [0.4, 0.5) is 0 Å². The monoisotopic (exact) mass is 457 g/mol. The summed E-state index contributed by atoms with van der Waals surface area (Å²) in [5.41, 5.74) is 3.54. The van der Waals surface area contributed by atoms with Gasteiger partial charge in [0.2, 0.25) is 0 Å². The van der Waals surface area contributed by atoms with Crippen molar-refractivity contribution in [3.8, 4) is 5.69 Å². The zero-order chi connectivity index (χ0) is 21.3. The molecule has 152 valence electrons. The third kappa shape index (κ3) is 3.99. The lowest BCUT2D eigenvalue weighted by molar-refractivity contribution is 0.102. The Morgan fingerprint density at radius 1 is 0.900 bits per heavy atom. The second-order valence-corrected chi connectivity index (χ2v) is 8.08. The van der Waals surface area contributed by atoms with Crippen LogP contribution >= 0.6 is 34.8 Å². The second kappa shape index (κ2) is 8.83. The fraction of sp³-hybridized carbons (Fsp3) is 0.125. The Kier molecular flexibility index (Phi) is 6.16. The number of carbonyl (C=O) groups is 1. The number of ketones is 1. The molecule has 30 heavy (non-hydrogen) atoms. The van der Waals surface area contributed by atoms with Gasteiger partial charge >= 0.3 is 0 Å². The summed E-state index contributed by atoms with van der Waals surface area (Å²) in [6.07, 6.45) is 0. The van der Waals surface area contributed by atoms with Crippen LogP contribution in [-0.2, 0) is 11.3 Å². The molecule has 0 aliphatic heterocycles. The van der Waals surface area contributed by atoms with Crippen molar-refractivity contribution >= 4 is 51.5 Å². The third-order valence-corrected chi connectivity index (χ3v) is 5.59. The van der Waals surface area contributed by atoms with Crippen molar-refractivity contribution in [2.45, 2.75) is 13.5 Å². The van der Waals surface area contributed by atoms with Crippen LogP contribution in [0, 0.1) is 0 Å². The normalized spacial score (nSPS) is 11.2. The molecule has 4 rings (SSSR count). The molecule has 0 saturated carbocycles. The second-order valence-electron chi connectivity index (χ2n) is 6.77. The van der Waals surface area contributed by atoms with Crippen molar-refractivity contribution in [1.29, 1.82) is 0 Å². The minimum Gasteiger partial charge on any atom is -0.375 e. The first kappa shape index (κ1) is 21.0. The van der Waals surface area contributed by atoms with Crippen molar-refractivity contribution in [2.75, 3.05) is 6.61 Å². The fourth-order valence-corrected chi connectivity index (χ4v) is 4.04. The fourth-order valence-electron chi connectivity index (χ4n) is 3.56. The van der Waals surface area contributed by atoms with Crippen LogP contribution in [0.15, 0.2) is 66.7 Å². The molecule has 0 fully saturated rings. The zero-order valence-electron chi connectivity index (χ0n) is 16.2. The smallest absolute Gasteiger partial charge is 0.195 e. The van der Waals surface area contributed by atoms with Crippen molar-refractivity contribution in [1.82, 2.24) is 4.57 Å². The number of aromatic nitrogens is 1. The van der Waals surface area contributed by atoms with Gasteiger partial charge in [0.1, 0.15) is 0 Å². The highest BCUT2D eigenvalue weighted by molar-refractivity contribution is 6.32. The minimum absolute atomic E-state index is 0.118. The van der Waals surface area contributed by atoms with Crippen molar-refractivity contribution in [3.05, 3.63) is 98.6 Å². The van der Waals surface area contributed by atoms with Crippen molar-refractivity contribution in [2.24, 2.45) is 0 Å². The predicted molar refractivity (Wildman–Crippen MR) is 124 cm³/mol. The van der Waals surface area contributed by atoms with Gasteiger partial charge < -0.3 is 9.30 Å². The van der Waals surface area contributed by atoms with E-state index in [1.54, 1.807) is 30.3 Å². The van der Waals surface area contributed by atoms with Crippen molar-refractivity contribution in [3.63, 3.8) is 0 Å². The van der Waals surface area contributed by atoms with E-state index in [4.69, 9.17) is 39.5 Å². The minimum atomic E-state index is -0.118. The molecule has 1 aromatic heterocycles. The van der Waals surface area contributed by atoms with Gasteiger partial charge in [0.25, 0.3) is 0 Å². The van der Waals surface area contributed by atoms with Gasteiger partial charge in [-0.05, 0) is 55.5 Å². The first-order valence-electron chi connectivity index (χ1n) is 9.46. The van der Waals surface area contributed by atoms with Gasteiger partial charge in [0, 0.05) is 38.3 Å². The van der Waals surface area contributed by atoms with Gasteiger partial charge in [-0.25, -0.2) is 0 Å². The molecule has 3 aromatic carbocycles. The summed E-state index contributed by atoms with van der Waals surface area (Å²) in [7, 11) is 0. The molecular weight excluding hydrogens is 441 g/mol. The SMILES string of the molecule is CCOCc1c(C(=O)c2cccc(Cl)c2)c2ccc(Cl)cc2n1-c1ccc(Cl)cc1. The Morgan fingerprint density at radius 2 is 1.60 bits per heavy atom. The van der Waals surface area contributed by atoms with E-state index in [1.807, 2.05) is 47.9 Å². The van der Waals surface area contributed by atoms with Crippen molar-refractivity contribution < 1.29 is 9.53 Å². The number of fused-ring (bicyclic) bond motifs is 1. The molecule has 4 aromatic rings. The summed E-state index contributed by atoms with van der Waals surface area (Å²) in [5, 5.41) is 2.53. The van der Waals surface area contributed by atoms with Gasteiger partial charge in [0.15, 0.2) is 5.78 Å². The molecule has 0 amide bonds.